The monoisotopic (exact) mass is 380 g/mol. The maximum Gasteiger partial charge on any atom is 0.314 e. The Bertz CT molecular complexity index is 527. The van der Waals surface area contributed by atoms with E-state index in [0.717, 1.165) is 45.4 Å². The molecule has 1 heterocycles. The van der Waals surface area contributed by atoms with Crippen molar-refractivity contribution in [3.8, 4) is 0 Å². The van der Waals surface area contributed by atoms with Gasteiger partial charge in [0.1, 0.15) is 0 Å². The van der Waals surface area contributed by atoms with Crippen LogP contribution in [0.5, 0.6) is 0 Å². The Morgan fingerprint density at radius 2 is 1.74 bits per heavy atom. The molecule has 3 N–H and O–H groups in total. The van der Waals surface area contributed by atoms with Crippen molar-refractivity contribution in [3.63, 3.8) is 0 Å². The maximum absolute atomic E-state index is 12.3. The van der Waals surface area contributed by atoms with Crippen molar-refractivity contribution < 1.29 is 14.3 Å². The molecule has 3 fully saturated rings. The molecule has 0 unspecified atom stereocenters. The van der Waals surface area contributed by atoms with Crippen molar-refractivity contribution in [2.24, 2.45) is 5.92 Å². The summed E-state index contributed by atoms with van der Waals surface area (Å²) in [6, 6.07) is -0.145. The molecule has 3 rings (SSSR count). The molecule has 3 amide bonds. The van der Waals surface area contributed by atoms with E-state index < -0.39 is 0 Å². The van der Waals surface area contributed by atoms with Crippen LogP contribution in [0.15, 0.2) is 0 Å². The first-order chi connectivity index (χ1) is 12.9. The molecule has 0 spiro atoms. The zero-order chi connectivity index (χ0) is 19.3. The molecule has 7 nitrogen and oxygen atoms in total. The first-order valence-electron chi connectivity index (χ1n) is 10.6. The predicted octanol–water partition coefficient (Wildman–Crippen LogP) is 1.63. The van der Waals surface area contributed by atoms with Gasteiger partial charge >= 0.3 is 6.03 Å². The predicted molar refractivity (Wildman–Crippen MR) is 105 cm³/mol. The highest BCUT2D eigenvalue weighted by atomic mass is 16.5. The van der Waals surface area contributed by atoms with Crippen molar-refractivity contribution in [1.29, 1.82) is 0 Å². The zero-order valence-electron chi connectivity index (χ0n) is 16.9. The Balaban J connectivity index is 1.44. The minimum atomic E-state index is -0.145. The normalized spacial score (nSPS) is 24.8. The number of nitrogens with zero attached hydrogens (tertiary/aromatic N) is 1. The molecule has 3 aliphatic rings. The van der Waals surface area contributed by atoms with E-state index >= 15 is 0 Å². The zero-order valence-corrected chi connectivity index (χ0v) is 16.9. The van der Waals surface area contributed by atoms with Crippen LogP contribution in [-0.2, 0) is 9.53 Å². The Hall–Kier alpha value is -1.34. The number of carbonyl (C=O) groups excluding carboxylic acids is 2. The lowest BCUT2D eigenvalue weighted by molar-refractivity contribution is -0.122. The van der Waals surface area contributed by atoms with Crippen molar-refractivity contribution in [1.82, 2.24) is 20.9 Å². The fourth-order valence-corrected chi connectivity index (χ4v) is 4.39. The van der Waals surface area contributed by atoms with Crippen LogP contribution >= 0.6 is 0 Å². The summed E-state index contributed by atoms with van der Waals surface area (Å²) >= 11 is 0. The number of morpholine rings is 1. The van der Waals surface area contributed by atoms with E-state index in [4.69, 9.17) is 4.74 Å². The van der Waals surface area contributed by atoms with Crippen LogP contribution in [0.25, 0.3) is 0 Å². The molecule has 0 aromatic carbocycles. The lowest BCUT2D eigenvalue weighted by Crippen LogP contribution is -2.63. The molecule has 2 saturated carbocycles. The lowest BCUT2D eigenvalue weighted by atomic mass is 9.79. The quantitative estimate of drug-likeness (QED) is 0.586. The first-order valence-corrected chi connectivity index (χ1v) is 10.6. The highest BCUT2D eigenvalue weighted by Gasteiger charge is 2.42. The molecular formula is C20H36N4O3. The Morgan fingerprint density at radius 1 is 1.04 bits per heavy atom. The SMILES string of the molecule is CC1(C)CN(C2(CNC(=O)NCCNC(=O)C3CC3)CCCCC2)CCO1. The number of ether oxygens (including phenoxy) is 1. The molecular weight excluding hydrogens is 344 g/mol. The van der Waals surface area contributed by atoms with Crippen LogP contribution in [0.4, 0.5) is 4.79 Å². The molecule has 154 valence electrons. The topological polar surface area (TPSA) is 82.7 Å². The van der Waals surface area contributed by atoms with Crippen molar-refractivity contribution in [2.75, 3.05) is 39.3 Å². The summed E-state index contributed by atoms with van der Waals surface area (Å²) in [5.41, 5.74) is -0.0957. The molecule has 1 aliphatic heterocycles. The molecule has 27 heavy (non-hydrogen) atoms. The van der Waals surface area contributed by atoms with Crippen LogP contribution < -0.4 is 16.0 Å². The number of amides is 3. The van der Waals surface area contributed by atoms with E-state index in [1.54, 1.807) is 0 Å². The van der Waals surface area contributed by atoms with Gasteiger partial charge in [0.2, 0.25) is 5.91 Å². The van der Waals surface area contributed by atoms with Crippen LogP contribution in [0.3, 0.4) is 0 Å². The number of hydrogen-bond acceptors (Lipinski definition) is 4. The van der Waals surface area contributed by atoms with Gasteiger partial charge in [-0.05, 0) is 39.5 Å². The Kier molecular flexibility index (Phi) is 6.63. The number of rotatable bonds is 7. The third-order valence-electron chi connectivity index (χ3n) is 6.12. The van der Waals surface area contributed by atoms with Crippen LogP contribution in [0.2, 0.25) is 0 Å². The molecule has 0 radical (unpaired) electrons. The standard InChI is InChI=1S/C20H36N4O3/c1-19(2)15-24(12-13-27-19)20(8-4-3-5-9-20)14-23-18(26)22-11-10-21-17(25)16-6-7-16/h16H,3-15H2,1-2H3,(H,21,25)(H2,22,23,26). The highest BCUT2D eigenvalue weighted by molar-refractivity contribution is 5.80. The Labute approximate surface area is 163 Å². The summed E-state index contributed by atoms with van der Waals surface area (Å²) in [5, 5.41) is 8.83. The van der Waals surface area contributed by atoms with E-state index in [1.165, 1.54) is 19.3 Å². The van der Waals surface area contributed by atoms with Gasteiger partial charge < -0.3 is 20.7 Å². The van der Waals surface area contributed by atoms with E-state index in [2.05, 4.69) is 34.7 Å². The second kappa shape index (κ2) is 8.78. The summed E-state index contributed by atoms with van der Waals surface area (Å²) in [4.78, 5) is 26.4. The third-order valence-corrected chi connectivity index (χ3v) is 6.12. The Morgan fingerprint density at radius 3 is 2.41 bits per heavy atom. The van der Waals surface area contributed by atoms with Crippen molar-refractivity contribution in [3.05, 3.63) is 0 Å². The van der Waals surface area contributed by atoms with Gasteiger partial charge in [0.15, 0.2) is 0 Å². The first kappa shape index (κ1) is 20.4. The van der Waals surface area contributed by atoms with Crippen LogP contribution in [-0.4, -0.2) is 67.3 Å². The van der Waals surface area contributed by atoms with Gasteiger partial charge in [-0.2, -0.15) is 0 Å². The minimum absolute atomic E-state index is 0.0385. The molecule has 7 heteroatoms. The average Bonchev–Trinajstić information content (AvgIpc) is 3.49. The highest BCUT2D eigenvalue weighted by Crippen LogP contribution is 2.36. The fraction of sp³-hybridized carbons (Fsp3) is 0.900. The summed E-state index contributed by atoms with van der Waals surface area (Å²) < 4.78 is 5.89. The van der Waals surface area contributed by atoms with Gasteiger partial charge in [-0.25, -0.2) is 4.79 Å². The smallest absolute Gasteiger partial charge is 0.314 e. The second-order valence-electron chi connectivity index (χ2n) is 8.99. The van der Waals surface area contributed by atoms with Crippen molar-refractivity contribution >= 4 is 11.9 Å². The van der Waals surface area contributed by atoms with E-state index in [0.29, 0.717) is 19.6 Å². The second-order valence-corrected chi connectivity index (χ2v) is 8.99. The van der Waals surface area contributed by atoms with Gasteiger partial charge in [-0.3, -0.25) is 9.69 Å². The number of hydrogen-bond donors (Lipinski definition) is 3. The molecule has 0 aromatic heterocycles. The third kappa shape index (κ3) is 5.82. The fourth-order valence-electron chi connectivity index (χ4n) is 4.39. The van der Waals surface area contributed by atoms with E-state index in [-0.39, 0.29) is 29.0 Å². The summed E-state index contributed by atoms with van der Waals surface area (Å²) in [6.07, 6.45) is 7.97. The summed E-state index contributed by atoms with van der Waals surface area (Å²) in [7, 11) is 0. The molecule has 0 bridgehead atoms. The van der Waals surface area contributed by atoms with E-state index in [9.17, 15) is 9.59 Å². The van der Waals surface area contributed by atoms with Crippen molar-refractivity contribution in [2.45, 2.75) is 69.9 Å². The number of carbonyl (C=O) groups is 2. The molecule has 0 aromatic rings. The minimum Gasteiger partial charge on any atom is -0.373 e. The molecule has 0 atom stereocenters. The maximum atomic E-state index is 12.3. The van der Waals surface area contributed by atoms with Gasteiger partial charge in [-0.1, -0.05) is 19.3 Å². The number of nitrogens with one attached hydrogen (secondary N) is 3. The largest absolute Gasteiger partial charge is 0.373 e. The molecule has 1 saturated heterocycles. The van der Waals surface area contributed by atoms with Crippen LogP contribution in [0.1, 0.15) is 58.8 Å². The average molecular weight is 381 g/mol. The van der Waals surface area contributed by atoms with E-state index in [1.807, 2.05) is 0 Å². The number of urea groups is 1. The van der Waals surface area contributed by atoms with Gasteiger partial charge in [0, 0.05) is 44.2 Å². The van der Waals surface area contributed by atoms with Gasteiger partial charge in [0.25, 0.3) is 0 Å². The lowest BCUT2D eigenvalue weighted by Gasteiger charge is -2.51. The molecule has 2 aliphatic carbocycles. The summed E-state index contributed by atoms with van der Waals surface area (Å²) in [5.74, 6) is 0.330. The van der Waals surface area contributed by atoms with Crippen LogP contribution in [0, 0.1) is 5.92 Å². The summed E-state index contributed by atoms with van der Waals surface area (Å²) in [6.45, 7) is 8.50. The van der Waals surface area contributed by atoms with Gasteiger partial charge in [-0.15, -0.1) is 0 Å². The van der Waals surface area contributed by atoms with Gasteiger partial charge in [0.05, 0.1) is 12.2 Å².